The predicted octanol–water partition coefficient (Wildman–Crippen LogP) is 2.84. The topological polar surface area (TPSA) is 0 Å². The predicted molar refractivity (Wildman–Crippen MR) is 96.0 cm³/mol. The first-order chi connectivity index (χ1) is 10.3. The molecular weight excluding hydrogens is 441 g/mol. The van der Waals surface area contributed by atoms with Crippen molar-refractivity contribution < 1.29 is 17.1 Å². The minimum absolute atomic E-state index is 0. The van der Waals surface area contributed by atoms with Crippen molar-refractivity contribution in [3.63, 3.8) is 0 Å². The van der Waals surface area contributed by atoms with Crippen LogP contribution >= 0.6 is 7.92 Å². The molecule has 3 aromatic carbocycles. The van der Waals surface area contributed by atoms with Crippen molar-refractivity contribution in [2.45, 2.75) is 6.16 Å². The van der Waals surface area contributed by atoms with E-state index in [1.54, 1.807) is 0 Å². The van der Waals surface area contributed by atoms with E-state index in [-0.39, 0.29) is 17.1 Å². The first kappa shape index (κ1) is 17.8. The second-order valence-electron chi connectivity index (χ2n) is 5.04. The van der Waals surface area contributed by atoms with E-state index in [2.05, 4.69) is 84.9 Å². The fraction of sp³-hybridized carbons (Fsp3) is 0.0526. The molecule has 4 radical (unpaired) electrons. The van der Waals surface area contributed by atoms with E-state index in [1.165, 1.54) is 48.4 Å². The Hall–Kier alpha value is -0.592. The Labute approximate surface area is 157 Å². The van der Waals surface area contributed by atoms with Crippen molar-refractivity contribution in [2.24, 2.45) is 0 Å². The Balaban J connectivity index is 0.00000176. The normalized spacial score (nSPS) is 10.3. The van der Waals surface area contributed by atoms with Gasteiger partial charge in [-0.2, -0.15) is 0 Å². The van der Waals surface area contributed by atoms with E-state index < -0.39 is 7.92 Å². The molecule has 0 heterocycles. The maximum absolute atomic E-state index is 2.29. The quantitative estimate of drug-likeness (QED) is 0.417. The van der Waals surface area contributed by atoms with Crippen LogP contribution in [0.2, 0.25) is 0 Å². The second kappa shape index (κ2) is 8.89. The Bertz CT molecular complexity index is 661. The first-order valence-corrected chi connectivity index (χ1v) is 10.2. The first-order valence-electron chi connectivity index (χ1n) is 7.11. The van der Waals surface area contributed by atoms with Gasteiger partial charge in [-0.3, -0.25) is 0 Å². The van der Waals surface area contributed by atoms with Crippen LogP contribution in [-0.2, 0) is 23.2 Å². The zero-order valence-electron chi connectivity index (χ0n) is 12.1. The van der Waals surface area contributed by atoms with E-state index in [0.29, 0.717) is 0 Å². The van der Waals surface area contributed by atoms with Crippen LogP contribution in [0.5, 0.6) is 0 Å². The van der Waals surface area contributed by atoms with E-state index in [4.69, 9.17) is 0 Å². The molecular formula is C19H17CuPSn+. The molecule has 112 valence electrons. The molecule has 0 aliphatic rings. The summed E-state index contributed by atoms with van der Waals surface area (Å²) in [5, 5.41) is 2.99. The standard InChI is InChI=1S/C19H16P.Cu.Sn/c1-4-10-17(11-5-1)16-20(18-12-6-2-7-13-18)19-14-8-3-9-15-19;;/h1-10,12-15H,16H2;;/p+1. The molecule has 0 nitrogen and oxygen atoms in total. The summed E-state index contributed by atoms with van der Waals surface area (Å²) in [4.78, 5) is 0. The third-order valence-corrected chi connectivity index (χ3v) is 7.82. The summed E-state index contributed by atoms with van der Waals surface area (Å²) in [7, 11) is -0.760. The average Bonchev–Trinajstić information content (AvgIpc) is 2.56. The third kappa shape index (κ3) is 4.46. The fourth-order valence-corrected chi connectivity index (χ4v) is 6.40. The van der Waals surface area contributed by atoms with Gasteiger partial charge in [-0.15, -0.1) is 0 Å². The second-order valence-corrected chi connectivity index (χ2v) is 9.05. The van der Waals surface area contributed by atoms with Gasteiger partial charge in [-0.1, -0.05) is 0 Å². The van der Waals surface area contributed by atoms with Crippen LogP contribution in [0.4, 0.5) is 0 Å². The van der Waals surface area contributed by atoms with Gasteiger partial charge in [0.05, 0.1) is 0 Å². The van der Waals surface area contributed by atoms with Crippen molar-refractivity contribution in [3.8, 4) is 0 Å². The fourth-order valence-electron chi connectivity index (χ4n) is 2.51. The Morgan fingerprint density at radius 3 is 1.59 bits per heavy atom. The Morgan fingerprint density at radius 1 is 0.636 bits per heavy atom. The van der Waals surface area contributed by atoms with Crippen LogP contribution in [-0.4, -0.2) is 22.5 Å². The van der Waals surface area contributed by atoms with E-state index in [9.17, 15) is 0 Å². The summed E-state index contributed by atoms with van der Waals surface area (Å²) in [5.41, 5.74) is 1.51. The monoisotopic (exact) mass is 459 g/mol. The molecule has 0 saturated heterocycles. The molecule has 22 heavy (non-hydrogen) atoms. The van der Waals surface area contributed by atoms with E-state index in [1.807, 2.05) is 0 Å². The van der Waals surface area contributed by atoms with Gasteiger partial charge in [0.25, 0.3) is 0 Å². The van der Waals surface area contributed by atoms with Crippen molar-refractivity contribution in [2.75, 3.05) is 0 Å². The molecule has 0 unspecified atom stereocenters. The molecule has 3 aromatic rings. The van der Waals surface area contributed by atoms with Gasteiger partial charge < -0.3 is 0 Å². The summed E-state index contributed by atoms with van der Waals surface area (Å²) in [5.74, 6) is 0. The zero-order valence-corrected chi connectivity index (χ0v) is 16.9. The molecule has 0 fully saturated rings. The average molecular weight is 459 g/mol. The molecule has 0 aliphatic carbocycles. The molecule has 0 saturated carbocycles. The minimum atomic E-state index is -0.760. The molecule has 3 heteroatoms. The molecule has 3 rings (SSSR count). The number of benzene rings is 3. The van der Waals surface area contributed by atoms with Crippen LogP contribution in [0.3, 0.4) is 0 Å². The molecule has 0 atom stereocenters. The van der Waals surface area contributed by atoms with Crippen LogP contribution in [0.1, 0.15) is 5.56 Å². The van der Waals surface area contributed by atoms with Gasteiger partial charge in [0.15, 0.2) is 0 Å². The molecule has 0 bridgehead atoms. The summed E-state index contributed by atoms with van der Waals surface area (Å²) in [6.07, 6.45) is 1.17. The Morgan fingerprint density at radius 2 is 1.09 bits per heavy atom. The maximum atomic E-state index is 2.29. The van der Waals surface area contributed by atoms with Gasteiger partial charge in [0.2, 0.25) is 0 Å². The van der Waals surface area contributed by atoms with Crippen molar-refractivity contribution in [3.05, 3.63) is 90.5 Å². The SMILES string of the molecule is [Cu].[Sn][c]1ccccc1C[PH+](c1ccccc1)c1ccccc1. The van der Waals surface area contributed by atoms with E-state index in [0.717, 1.165) is 0 Å². The van der Waals surface area contributed by atoms with Gasteiger partial charge in [0, 0.05) is 17.1 Å². The number of rotatable bonds is 4. The van der Waals surface area contributed by atoms with Crippen LogP contribution in [0.15, 0.2) is 84.9 Å². The number of hydrogen-bond donors (Lipinski definition) is 0. The van der Waals surface area contributed by atoms with Gasteiger partial charge in [0.1, 0.15) is 0 Å². The van der Waals surface area contributed by atoms with Gasteiger partial charge >= 0.3 is 141 Å². The molecule has 0 aliphatic heterocycles. The summed E-state index contributed by atoms with van der Waals surface area (Å²) in [6.45, 7) is 0. The summed E-state index contributed by atoms with van der Waals surface area (Å²) < 4.78 is 1.49. The summed E-state index contributed by atoms with van der Waals surface area (Å²) in [6, 6.07) is 30.8. The van der Waals surface area contributed by atoms with Gasteiger partial charge in [-0.25, -0.2) is 0 Å². The van der Waals surface area contributed by atoms with Crippen molar-refractivity contribution in [1.29, 1.82) is 0 Å². The van der Waals surface area contributed by atoms with Crippen LogP contribution in [0, 0.1) is 0 Å². The van der Waals surface area contributed by atoms with Crippen LogP contribution in [0.25, 0.3) is 0 Å². The molecule has 0 N–H and O–H groups in total. The zero-order chi connectivity index (χ0) is 14.5. The molecule has 0 spiro atoms. The summed E-state index contributed by atoms with van der Waals surface area (Å²) >= 11 is 1.51. The molecule has 0 aromatic heterocycles. The Kier molecular flexibility index (Phi) is 7.17. The van der Waals surface area contributed by atoms with Crippen molar-refractivity contribution >= 4 is 44.6 Å². The van der Waals surface area contributed by atoms with Crippen molar-refractivity contribution in [1.82, 2.24) is 0 Å². The number of hydrogen-bond acceptors (Lipinski definition) is 0. The van der Waals surface area contributed by atoms with Gasteiger partial charge in [-0.05, 0) is 0 Å². The third-order valence-electron chi connectivity index (χ3n) is 3.63. The molecule has 0 amide bonds. The van der Waals surface area contributed by atoms with E-state index >= 15 is 0 Å². The van der Waals surface area contributed by atoms with Crippen LogP contribution < -0.4 is 14.2 Å².